The lowest BCUT2D eigenvalue weighted by Crippen LogP contribution is -2.16. The Hall–Kier alpha value is -1.37. The van der Waals surface area contributed by atoms with Crippen LogP contribution in [0.5, 0.6) is 0 Å². The van der Waals surface area contributed by atoms with Gasteiger partial charge in [-0.05, 0) is 18.6 Å². The summed E-state index contributed by atoms with van der Waals surface area (Å²) in [6, 6.07) is 8.80. The van der Waals surface area contributed by atoms with Crippen LogP contribution < -0.4 is 0 Å². The predicted molar refractivity (Wildman–Crippen MR) is 70.0 cm³/mol. The molecule has 0 spiro atoms. The van der Waals surface area contributed by atoms with Crippen molar-refractivity contribution in [2.45, 2.75) is 33.7 Å². The minimum atomic E-state index is 0.148. The van der Waals surface area contributed by atoms with Gasteiger partial charge in [0.15, 0.2) is 0 Å². The number of allylic oxidation sites excluding steroid dienone is 1. The first-order valence-corrected chi connectivity index (χ1v) is 5.80. The van der Waals surface area contributed by atoms with Gasteiger partial charge in [0, 0.05) is 11.1 Å². The molecule has 0 saturated heterocycles. The summed E-state index contributed by atoms with van der Waals surface area (Å²) in [5.41, 5.74) is 3.93. The Morgan fingerprint density at radius 3 is 2.50 bits per heavy atom. The van der Waals surface area contributed by atoms with E-state index in [1.54, 1.807) is 0 Å². The quantitative estimate of drug-likeness (QED) is 0.666. The number of hydrogen-bond donors (Lipinski definition) is 0. The third-order valence-electron chi connectivity index (χ3n) is 2.87. The minimum Gasteiger partial charge on any atom is -0.277 e. The van der Waals surface area contributed by atoms with Crippen LogP contribution in [-0.2, 0) is 0 Å². The average molecular weight is 213 g/mol. The largest absolute Gasteiger partial charge is 0.277 e. The van der Waals surface area contributed by atoms with Gasteiger partial charge in [-0.25, -0.2) is 0 Å². The molecule has 0 N–H and O–H groups in total. The van der Waals surface area contributed by atoms with Crippen LogP contribution >= 0.6 is 0 Å². The maximum atomic E-state index is 4.78. The molecule has 0 aromatic heterocycles. The highest BCUT2D eigenvalue weighted by Crippen LogP contribution is 2.29. The number of nitrogens with zero attached hydrogens (tertiary/aromatic N) is 1. The van der Waals surface area contributed by atoms with Gasteiger partial charge < -0.3 is 0 Å². The maximum Gasteiger partial charge on any atom is 0.0937 e. The highest BCUT2D eigenvalue weighted by molar-refractivity contribution is 6.00. The lowest BCUT2D eigenvalue weighted by molar-refractivity contribution is 0.592. The number of benzene rings is 1. The summed E-state index contributed by atoms with van der Waals surface area (Å²) in [6.07, 6.45) is 4.35. The fourth-order valence-corrected chi connectivity index (χ4v) is 1.90. The first-order chi connectivity index (χ1) is 7.47. The van der Waals surface area contributed by atoms with Gasteiger partial charge in [-0.1, -0.05) is 56.7 Å². The van der Waals surface area contributed by atoms with Crippen molar-refractivity contribution < 1.29 is 0 Å². The van der Waals surface area contributed by atoms with Crippen LogP contribution in [0.15, 0.2) is 41.4 Å². The average Bonchev–Trinajstić information content (AvgIpc) is 2.65. The molecule has 2 rings (SSSR count). The van der Waals surface area contributed by atoms with Crippen LogP contribution in [0.4, 0.5) is 0 Å². The summed E-state index contributed by atoms with van der Waals surface area (Å²) in [6.45, 7) is 8.73. The van der Waals surface area contributed by atoms with E-state index >= 15 is 0 Å². The van der Waals surface area contributed by atoms with Crippen molar-refractivity contribution in [1.82, 2.24) is 0 Å². The standard InChI is InChI=1S/C15H19N/c1-11-6-5-7-12(10-11)13-8-9-14(16-13)15(2,3)4/h5-10,13H,1-4H3. The number of aryl methyl sites for hydroxylation is 1. The molecule has 1 nitrogen and oxygen atoms in total. The smallest absolute Gasteiger partial charge is 0.0937 e. The van der Waals surface area contributed by atoms with Gasteiger partial charge in [0.2, 0.25) is 0 Å². The number of aliphatic imine (C=N–C) groups is 1. The topological polar surface area (TPSA) is 12.4 Å². The maximum absolute atomic E-state index is 4.78. The van der Waals surface area contributed by atoms with E-state index in [0.717, 1.165) is 0 Å². The predicted octanol–water partition coefficient (Wildman–Crippen LogP) is 4.09. The normalized spacial score (nSPS) is 20.0. The summed E-state index contributed by atoms with van der Waals surface area (Å²) in [5, 5.41) is 0. The van der Waals surface area contributed by atoms with E-state index in [1.165, 1.54) is 16.8 Å². The van der Waals surface area contributed by atoms with Gasteiger partial charge >= 0.3 is 0 Å². The Labute approximate surface area is 97.9 Å². The van der Waals surface area contributed by atoms with Gasteiger partial charge in [-0.3, -0.25) is 4.99 Å². The van der Waals surface area contributed by atoms with Crippen molar-refractivity contribution in [3.05, 3.63) is 47.5 Å². The van der Waals surface area contributed by atoms with Crippen LogP contribution in [0.3, 0.4) is 0 Å². The van der Waals surface area contributed by atoms with E-state index in [4.69, 9.17) is 4.99 Å². The fraction of sp³-hybridized carbons (Fsp3) is 0.400. The molecule has 1 aliphatic heterocycles. The summed E-state index contributed by atoms with van der Waals surface area (Å²) in [5.74, 6) is 0. The molecule has 0 saturated carbocycles. The zero-order chi connectivity index (χ0) is 11.8. The van der Waals surface area contributed by atoms with Crippen LogP contribution in [0, 0.1) is 12.3 Å². The van der Waals surface area contributed by atoms with Gasteiger partial charge in [-0.15, -0.1) is 0 Å². The van der Waals surface area contributed by atoms with Gasteiger partial charge in [0.25, 0.3) is 0 Å². The summed E-state index contributed by atoms with van der Waals surface area (Å²) >= 11 is 0. The van der Waals surface area contributed by atoms with Crippen molar-refractivity contribution >= 4 is 5.71 Å². The van der Waals surface area contributed by atoms with Gasteiger partial charge in [0.05, 0.1) is 6.04 Å². The van der Waals surface area contributed by atoms with Crippen molar-refractivity contribution in [3.63, 3.8) is 0 Å². The minimum absolute atomic E-state index is 0.148. The zero-order valence-corrected chi connectivity index (χ0v) is 10.5. The molecule has 1 heteroatoms. The lowest BCUT2D eigenvalue weighted by atomic mass is 9.90. The van der Waals surface area contributed by atoms with Gasteiger partial charge in [-0.2, -0.15) is 0 Å². The van der Waals surface area contributed by atoms with E-state index in [9.17, 15) is 0 Å². The number of hydrogen-bond acceptors (Lipinski definition) is 1. The Bertz CT molecular complexity index is 447. The van der Waals surface area contributed by atoms with E-state index in [0.29, 0.717) is 0 Å². The fourth-order valence-electron chi connectivity index (χ4n) is 1.90. The van der Waals surface area contributed by atoms with E-state index in [2.05, 4.69) is 64.1 Å². The van der Waals surface area contributed by atoms with Crippen molar-refractivity contribution in [1.29, 1.82) is 0 Å². The molecule has 0 fully saturated rings. The lowest BCUT2D eigenvalue weighted by Gasteiger charge is -2.17. The Balaban J connectivity index is 2.28. The molecule has 0 bridgehead atoms. The summed E-state index contributed by atoms with van der Waals surface area (Å²) in [4.78, 5) is 4.78. The van der Waals surface area contributed by atoms with Crippen LogP contribution in [0.2, 0.25) is 0 Å². The molecule has 0 radical (unpaired) electrons. The first-order valence-electron chi connectivity index (χ1n) is 5.80. The molecule has 1 atom stereocenters. The molecular weight excluding hydrogens is 194 g/mol. The molecule has 1 aromatic carbocycles. The zero-order valence-electron chi connectivity index (χ0n) is 10.5. The van der Waals surface area contributed by atoms with Crippen molar-refractivity contribution in [3.8, 4) is 0 Å². The molecule has 0 aliphatic carbocycles. The third-order valence-corrected chi connectivity index (χ3v) is 2.87. The Morgan fingerprint density at radius 1 is 1.19 bits per heavy atom. The molecule has 84 valence electrons. The highest BCUT2D eigenvalue weighted by Gasteiger charge is 2.22. The SMILES string of the molecule is Cc1cccc(C2C=CC(C(C)(C)C)=N2)c1. The summed E-state index contributed by atoms with van der Waals surface area (Å²) < 4.78 is 0. The highest BCUT2D eigenvalue weighted by atomic mass is 14.8. The molecular formula is C15H19N. The molecule has 1 heterocycles. The van der Waals surface area contributed by atoms with Crippen LogP contribution in [-0.4, -0.2) is 5.71 Å². The van der Waals surface area contributed by atoms with E-state index < -0.39 is 0 Å². The summed E-state index contributed by atoms with van der Waals surface area (Å²) in [7, 11) is 0. The second-order valence-electron chi connectivity index (χ2n) is 5.48. The molecule has 1 unspecified atom stereocenters. The molecule has 0 amide bonds. The second kappa shape index (κ2) is 3.89. The Morgan fingerprint density at radius 2 is 1.94 bits per heavy atom. The van der Waals surface area contributed by atoms with E-state index in [1.807, 2.05) is 0 Å². The third kappa shape index (κ3) is 2.24. The number of rotatable bonds is 1. The first kappa shape index (κ1) is 11.1. The monoisotopic (exact) mass is 213 g/mol. The molecule has 16 heavy (non-hydrogen) atoms. The van der Waals surface area contributed by atoms with Crippen LogP contribution in [0.1, 0.15) is 37.9 Å². The van der Waals surface area contributed by atoms with Gasteiger partial charge in [0.1, 0.15) is 0 Å². The van der Waals surface area contributed by atoms with Crippen molar-refractivity contribution in [2.24, 2.45) is 10.4 Å². The second-order valence-corrected chi connectivity index (χ2v) is 5.48. The van der Waals surface area contributed by atoms with E-state index in [-0.39, 0.29) is 11.5 Å². The van der Waals surface area contributed by atoms with Crippen molar-refractivity contribution in [2.75, 3.05) is 0 Å². The molecule has 1 aliphatic rings. The van der Waals surface area contributed by atoms with Crippen LogP contribution in [0.25, 0.3) is 0 Å². The Kier molecular flexibility index (Phi) is 2.71. The molecule has 1 aromatic rings.